The van der Waals surface area contributed by atoms with Crippen LogP contribution in [0.1, 0.15) is 58.8 Å². The predicted molar refractivity (Wildman–Crippen MR) is 163 cm³/mol. The second kappa shape index (κ2) is 14.4. The van der Waals surface area contributed by atoms with Crippen molar-refractivity contribution >= 4 is 34.2 Å². The minimum atomic E-state index is 0.751. The minimum absolute atomic E-state index is 0.751. The van der Waals surface area contributed by atoms with E-state index in [9.17, 15) is 0 Å². The van der Waals surface area contributed by atoms with Gasteiger partial charge >= 0.3 is 0 Å². The quantitative estimate of drug-likeness (QED) is 0.283. The summed E-state index contributed by atoms with van der Waals surface area (Å²) in [5, 5.41) is 4.45. The molecule has 2 fully saturated rings. The van der Waals surface area contributed by atoms with Crippen LogP contribution in [0.25, 0.3) is 22.3 Å². The lowest BCUT2D eigenvalue weighted by molar-refractivity contribution is 0.573. The second-order valence-corrected chi connectivity index (χ2v) is 9.91. The van der Waals surface area contributed by atoms with Crippen LogP contribution in [0, 0.1) is 0 Å². The normalized spacial score (nSPS) is 15.2. The van der Waals surface area contributed by atoms with Gasteiger partial charge in [0.25, 0.3) is 0 Å². The molecule has 4 aromatic rings. The molecule has 3 aromatic heterocycles. The average molecular weight is 530 g/mol. The predicted octanol–water partition coefficient (Wildman–Crippen LogP) is 6.13. The average Bonchev–Trinajstić information content (AvgIpc) is 3.45. The molecule has 0 spiro atoms. The van der Waals surface area contributed by atoms with Gasteiger partial charge in [-0.15, -0.1) is 0 Å². The molecule has 5 heterocycles. The van der Waals surface area contributed by atoms with Crippen LogP contribution in [0.15, 0.2) is 49.1 Å². The molecule has 1 aromatic carbocycles. The second-order valence-electron chi connectivity index (χ2n) is 9.91. The van der Waals surface area contributed by atoms with Crippen LogP contribution in [-0.4, -0.2) is 58.1 Å². The summed E-state index contributed by atoms with van der Waals surface area (Å²) in [5.41, 5.74) is 8.52. The van der Waals surface area contributed by atoms with E-state index in [0.717, 1.165) is 71.6 Å². The fourth-order valence-electron chi connectivity index (χ4n) is 4.99. The van der Waals surface area contributed by atoms with E-state index in [4.69, 9.17) is 0 Å². The molecule has 0 unspecified atom stereocenters. The van der Waals surface area contributed by atoms with Crippen molar-refractivity contribution in [2.45, 2.75) is 58.8 Å². The smallest absolute Gasteiger partial charge is 0.149 e. The van der Waals surface area contributed by atoms with Gasteiger partial charge in [-0.1, -0.05) is 32.4 Å². The Balaban J connectivity index is 0.000000662. The number of H-pyrrole nitrogens is 1. The third kappa shape index (κ3) is 7.23. The molecule has 2 aliphatic heterocycles. The maximum absolute atomic E-state index is 4.61. The number of aromatic nitrogens is 5. The fourth-order valence-corrected chi connectivity index (χ4v) is 4.99. The van der Waals surface area contributed by atoms with E-state index in [1.807, 2.05) is 12.4 Å². The largest absolute Gasteiger partial charge is 0.356 e. The number of benzene rings is 1. The highest BCUT2D eigenvalue weighted by molar-refractivity contribution is 5.92. The molecule has 2 saturated heterocycles. The summed E-state index contributed by atoms with van der Waals surface area (Å²) >= 11 is 0. The van der Waals surface area contributed by atoms with E-state index in [0.29, 0.717) is 0 Å². The van der Waals surface area contributed by atoms with Crippen molar-refractivity contribution in [2.24, 2.45) is 5.73 Å². The number of hydrogen-bond donors (Lipinski definition) is 3. The number of anilines is 4. The van der Waals surface area contributed by atoms with Crippen LogP contribution >= 0.6 is 0 Å². The van der Waals surface area contributed by atoms with E-state index in [2.05, 4.69) is 89.9 Å². The Bertz CT molecular complexity index is 1260. The number of piperidine rings is 2. The van der Waals surface area contributed by atoms with Crippen molar-refractivity contribution in [3.05, 3.63) is 49.1 Å². The van der Waals surface area contributed by atoms with Gasteiger partial charge in [0.15, 0.2) is 0 Å². The van der Waals surface area contributed by atoms with Gasteiger partial charge in [0.05, 0.1) is 17.8 Å². The first-order valence-electron chi connectivity index (χ1n) is 14.4. The molecular formula is C30H43N9. The molecule has 2 aliphatic rings. The van der Waals surface area contributed by atoms with E-state index in [1.54, 1.807) is 6.33 Å². The highest BCUT2D eigenvalue weighted by Gasteiger charge is 2.17. The zero-order valence-corrected chi connectivity index (χ0v) is 23.7. The first-order valence-corrected chi connectivity index (χ1v) is 14.4. The number of rotatable bonds is 5. The van der Waals surface area contributed by atoms with Gasteiger partial charge in [-0.25, -0.2) is 19.9 Å². The Hall–Kier alpha value is -3.72. The Kier molecular flexibility index (Phi) is 10.5. The summed E-state index contributed by atoms with van der Waals surface area (Å²) in [6.45, 7) is 8.52. The number of nitrogens with two attached hydrogens (primary N) is 1. The monoisotopic (exact) mass is 529 g/mol. The molecule has 0 radical (unpaired) electrons. The molecule has 0 amide bonds. The third-order valence-corrected chi connectivity index (χ3v) is 6.85. The standard InChI is InChI=1S/C26H30N8.C3H8.CH5N/c1-3-11-33(12-4-1)24-17-27-23(16-28-24)31-20-9-7-19(8-10-20)22-15-21-25(32-22)29-18-30-26(21)34-13-5-2-6-14-34;1-3-2;1-2/h7-10,15-18H,1-6,11-14H2,(H,27,31)(H,29,30,32);3H2,1-2H3;2H2,1H3. The van der Waals surface area contributed by atoms with Crippen molar-refractivity contribution in [3.63, 3.8) is 0 Å². The Morgan fingerprint density at radius 1 is 0.795 bits per heavy atom. The number of nitrogens with one attached hydrogen (secondary N) is 2. The van der Waals surface area contributed by atoms with Crippen molar-refractivity contribution in [3.8, 4) is 11.3 Å². The summed E-state index contributed by atoms with van der Waals surface area (Å²) < 4.78 is 0. The van der Waals surface area contributed by atoms with Crippen LogP contribution in [0.3, 0.4) is 0 Å². The Labute approximate surface area is 232 Å². The first-order chi connectivity index (χ1) is 19.2. The van der Waals surface area contributed by atoms with Crippen LogP contribution in [0.2, 0.25) is 0 Å². The molecule has 6 rings (SSSR count). The van der Waals surface area contributed by atoms with Gasteiger partial charge in [0.2, 0.25) is 0 Å². The van der Waals surface area contributed by atoms with Crippen LogP contribution in [-0.2, 0) is 0 Å². The van der Waals surface area contributed by atoms with Gasteiger partial charge in [0.1, 0.15) is 29.4 Å². The molecule has 0 aliphatic carbocycles. The number of hydrogen-bond acceptors (Lipinski definition) is 8. The summed E-state index contributed by atoms with van der Waals surface area (Å²) in [7, 11) is 1.50. The van der Waals surface area contributed by atoms with Gasteiger partial charge in [0, 0.05) is 37.6 Å². The van der Waals surface area contributed by atoms with Crippen LogP contribution in [0.5, 0.6) is 0 Å². The van der Waals surface area contributed by atoms with Crippen LogP contribution < -0.4 is 20.9 Å². The fraction of sp³-hybridized carbons (Fsp3) is 0.467. The summed E-state index contributed by atoms with van der Waals surface area (Å²) in [6, 6.07) is 10.5. The Morgan fingerprint density at radius 3 is 2.05 bits per heavy atom. The molecule has 0 saturated carbocycles. The maximum atomic E-state index is 4.61. The van der Waals surface area contributed by atoms with Gasteiger partial charge in [-0.05, 0) is 69.3 Å². The lowest BCUT2D eigenvalue weighted by atomic mass is 10.1. The Morgan fingerprint density at radius 2 is 1.44 bits per heavy atom. The zero-order valence-electron chi connectivity index (χ0n) is 23.7. The maximum Gasteiger partial charge on any atom is 0.149 e. The van der Waals surface area contributed by atoms with E-state index in [1.165, 1.54) is 52.0 Å². The lowest BCUT2D eigenvalue weighted by Crippen LogP contribution is -2.30. The van der Waals surface area contributed by atoms with Gasteiger partial charge in [-0.3, -0.25) is 0 Å². The molecule has 9 nitrogen and oxygen atoms in total. The highest BCUT2D eigenvalue weighted by Crippen LogP contribution is 2.31. The van der Waals surface area contributed by atoms with E-state index >= 15 is 0 Å². The van der Waals surface area contributed by atoms with Crippen molar-refractivity contribution in [2.75, 3.05) is 48.3 Å². The minimum Gasteiger partial charge on any atom is -0.356 e. The molecule has 9 heteroatoms. The summed E-state index contributed by atoms with van der Waals surface area (Å²) in [6.07, 6.45) is 14.1. The van der Waals surface area contributed by atoms with E-state index < -0.39 is 0 Å². The highest BCUT2D eigenvalue weighted by atomic mass is 15.2. The summed E-state index contributed by atoms with van der Waals surface area (Å²) in [5.74, 6) is 2.75. The van der Waals surface area contributed by atoms with E-state index in [-0.39, 0.29) is 0 Å². The molecule has 208 valence electrons. The van der Waals surface area contributed by atoms with Gasteiger partial charge < -0.3 is 25.8 Å². The third-order valence-electron chi connectivity index (χ3n) is 6.85. The first kappa shape index (κ1) is 28.3. The molecular weight excluding hydrogens is 486 g/mol. The molecule has 4 N–H and O–H groups in total. The molecule has 0 bridgehead atoms. The van der Waals surface area contributed by atoms with Gasteiger partial charge in [-0.2, -0.15) is 0 Å². The number of aromatic amines is 1. The SMILES string of the molecule is CCC.CN.c1nc(N2CCCCC2)c2cc(-c3ccc(Nc4cnc(N5CCCCC5)cn4)cc3)[nH]c2n1. The topological polar surface area (TPSA) is 112 Å². The number of fused-ring (bicyclic) bond motifs is 1. The molecule has 39 heavy (non-hydrogen) atoms. The zero-order chi connectivity index (χ0) is 27.5. The van der Waals surface area contributed by atoms with Crippen LogP contribution in [0.4, 0.5) is 23.1 Å². The van der Waals surface area contributed by atoms with Crippen molar-refractivity contribution in [1.29, 1.82) is 0 Å². The van der Waals surface area contributed by atoms with Crippen molar-refractivity contribution < 1.29 is 0 Å². The number of nitrogens with zero attached hydrogens (tertiary/aromatic N) is 6. The lowest BCUT2D eigenvalue weighted by Gasteiger charge is -2.27. The summed E-state index contributed by atoms with van der Waals surface area (Å²) in [4.78, 5) is 26.4. The molecule has 0 atom stereocenters. The van der Waals surface area contributed by atoms with Crippen molar-refractivity contribution in [1.82, 2.24) is 24.9 Å².